The minimum Gasteiger partial charge on any atom is -0.382 e. The summed E-state index contributed by atoms with van der Waals surface area (Å²) < 4.78 is 13.3. The molecule has 0 bridgehead atoms. The monoisotopic (exact) mass is 506 g/mol. The number of nitrogens with zero attached hydrogens (tertiary/aromatic N) is 4. The van der Waals surface area contributed by atoms with Gasteiger partial charge in [-0.2, -0.15) is 5.26 Å². The number of benzene rings is 3. The molecule has 2 heterocycles. The lowest BCUT2D eigenvalue weighted by atomic mass is 10.1. The Morgan fingerprint density at radius 2 is 1.87 bits per heavy atom. The molecule has 0 aliphatic carbocycles. The van der Waals surface area contributed by atoms with E-state index in [9.17, 15) is 14.4 Å². The van der Waals surface area contributed by atoms with Crippen LogP contribution >= 0.6 is 0 Å². The first-order valence-corrected chi connectivity index (χ1v) is 11.8. The van der Waals surface area contributed by atoms with Crippen molar-refractivity contribution < 1.29 is 9.18 Å². The van der Waals surface area contributed by atoms with Gasteiger partial charge >= 0.3 is 0 Å². The molecule has 38 heavy (non-hydrogen) atoms. The number of aromatic nitrogens is 4. The first-order valence-electron chi connectivity index (χ1n) is 11.8. The van der Waals surface area contributed by atoms with Crippen molar-refractivity contribution in [3.63, 3.8) is 0 Å². The zero-order valence-corrected chi connectivity index (χ0v) is 20.4. The summed E-state index contributed by atoms with van der Waals surface area (Å²) in [7, 11) is 0. The third kappa shape index (κ3) is 5.12. The Morgan fingerprint density at radius 3 is 2.58 bits per heavy atom. The van der Waals surface area contributed by atoms with E-state index in [1.807, 2.05) is 31.2 Å². The highest BCUT2D eigenvalue weighted by Crippen LogP contribution is 2.24. The number of carbonyl (C=O) groups is 1. The molecule has 0 radical (unpaired) electrons. The summed E-state index contributed by atoms with van der Waals surface area (Å²) in [5.41, 5.74) is 10.9. The normalized spacial score (nSPS) is 11.6. The smallest absolute Gasteiger partial charge is 0.253 e. The summed E-state index contributed by atoms with van der Waals surface area (Å²) in [6.07, 6.45) is 1.37. The molecule has 0 saturated carbocycles. The van der Waals surface area contributed by atoms with Gasteiger partial charge in [0.25, 0.3) is 5.91 Å². The average Bonchev–Trinajstić information content (AvgIpc) is 3.38. The molecule has 2 aromatic heterocycles. The van der Waals surface area contributed by atoms with Gasteiger partial charge in [-0.05, 0) is 48.4 Å². The van der Waals surface area contributed by atoms with Crippen LogP contribution in [0.5, 0.6) is 0 Å². The van der Waals surface area contributed by atoms with Crippen molar-refractivity contribution in [2.24, 2.45) is 0 Å². The molecule has 0 fully saturated rings. The summed E-state index contributed by atoms with van der Waals surface area (Å²) in [6, 6.07) is 20.3. The topological polar surface area (TPSA) is 145 Å². The van der Waals surface area contributed by atoms with Gasteiger partial charge in [0.05, 0.1) is 23.2 Å². The van der Waals surface area contributed by atoms with Crippen LogP contribution in [-0.2, 0) is 6.54 Å². The Balaban J connectivity index is 1.30. The van der Waals surface area contributed by atoms with Gasteiger partial charge in [0, 0.05) is 17.8 Å². The second-order valence-electron chi connectivity index (χ2n) is 8.71. The Hall–Kier alpha value is -5.30. The van der Waals surface area contributed by atoms with E-state index >= 15 is 0 Å². The van der Waals surface area contributed by atoms with E-state index < -0.39 is 0 Å². The summed E-state index contributed by atoms with van der Waals surface area (Å²) in [6.45, 7) is 2.26. The number of rotatable bonds is 7. The lowest BCUT2D eigenvalue weighted by molar-refractivity contribution is 0.0940. The number of fused-ring (bicyclic) bond motifs is 1. The number of halogens is 1. The quantitative estimate of drug-likeness (QED) is 0.250. The number of hydrogen-bond donors (Lipinski definition) is 4. The van der Waals surface area contributed by atoms with E-state index in [1.54, 1.807) is 30.3 Å². The summed E-state index contributed by atoms with van der Waals surface area (Å²) in [5.74, 6) is 0.283. The number of H-pyrrole nitrogens is 1. The van der Waals surface area contributed by atoms with E-state index in [1.165, 1.54) is 18.5 Å². The summed E-state index contributed by atoms with van der Waals surface area (Å²) >= 11 is 0. The molecule has 0 spiro atoms. The second kappa shape index (κ2) is 10.4. The number of nitrogens with one attached hydrogen (secondary N) is 3. The Kier molecular flexibility index (Phi) is 6.65. The number of nitrogens with two attached hydrogens (primary N) is 1. The zero-order chi connectivity index (χ0) is 26.6. The van der Waals surface area contributed by atoms with Crippen molar-refractivity contribution in [3.05, 3.63) is 101 Å². The van der Waals surface area contributed by atoms with Crippen LogP contribution in [0.15, 0.2) is 73.1 Å². The summed E-state index contributed by atoms with van der Waals surface area (Å²) in [4.78, 5) is 28.9. The lowest BCUT2D eigenvalue weighted by Gasteiger charge is -2.17. The van der Waals surface area contributed by atoms with Crippen LogP contribution in [0.2, 0.25) is 0 Å². The molecular formula is C28H23FN8O. The molecule has 188 valence electrons. The van der Waals surface area contributed by atoms with Crippen LogP contribution in [-0.4, -0.2) is 25.8 Å². The zero-order valence-electron chi connectivity index (χ0n) is 20.4. The van der Waals surface area contributed by atoms with Crippen molar-refractivity contribution >= 4 is 28.6 Å². The highest BCUT2D eigenvalue weighted by atomic mass is 19.1. The van der Waals surface area contributed by atoms with Crippen LogP contribution in [0.1, 0.15) is 40.0 Å². The fourth-order valence-corrected chi connectivity index (χ4v) is 4.03. The molecule has 3 aromatic carbocycles. The predicted molar refractivity (Wildman–Crippen MR) is 142 cm³/mol. The third-order valence-corrected chi connectivity index (χ3v) is 6.14. The average molecular weight is 507 g/mol. The van der Waals surface area contributed by atoms with Crippen molar-refractivity contribution in [2.75, 3.05) is 11.1 Å². The van der Waals surface area contributed by atoms with Crippen LogP contribution < -0.4 is 16.4 Å². The van der Waals surface area contributed by atoms with Crippen LogP contribution in [0.25, 0.3) is 22.6 Å². The maximum atomic E-state index is 13.3. The maximum absolute atomic E-state index is 13.3. The van der Waals surface area contributed by atoms with Crippen LogP contribution in [0, 0.1) is 17.1 Å². The van der Waals surface area contributed by atoms with Crippen molar-refractivity contribution in [2.45, 2.75) is 19.5 Å². The fourth-order valence-electron chi connectivity index (χ4n) is 4.03. The van der Waals surface area contributed by atoms with Crippen molar-refractivity contribution in [1.82, 2.24) is 25.3 Å². The van der Waals surface area contributed by atoms with E-state index in [0.29, 0.717) is 46.2 Å². The molecule has 1 atom stereocenters. The van der Waals surface area contributed by atoms with Gasteiger partial charge in [-0.3, -0.25) is 4.79 Å². The van der Waals surface area contributed by atoms with Gasteiger partial charge in [-0.15, -0.1) is 0 Å². The molecule has 5 aromatic rings. The van der Waals surface area contributed by atoms with Crippen molar-refractivity contribution in [3.8, 4) is 17.5 Å². The van der Waals surface area contributed by atoms with Crippen LogP contribution in [0.3, 0.4) is 0 Å². The third-order valence-electron chi connectivity index (χ3n) is 6.14. The van der Waals surface area contributed by atoms with Crippen molar-refractivity contribution in [1.29, 1.82) is 5.26 Å². The number of imidazole rings is 1. The standard InChI is InChI=1S/C28H23FN8O/c1-16(19-7-9-21(29)10-8-19)35-28(38)22-12-18(13-30)4-11-23(22)32-14-17-2-5-20(6-3-17)26-36-24-25(31)33-15-34-27(24)37-26/h2-12,15-16,32H,14H2,1H3,(H,35,38)(H3,31,33,34,36,37)/t16-/m0/s1. The molecule has 10 heteroatoms. The Bertz CT molecular complexity index is 1660. The molecule has 1 amide bonds. The van der Waals surface area contributed by atoms with E-state index in [4.69, 9.17) is 5.73 Å². The maximum Gasteiger partial charge on any atom is 0.253 e. The number of carbonyl (C=O) groups excluding carboxylic acids is 1. The van der Waals surface area contributed by atoms with Gasteiger partial charge in [0.2, 0.25) is 0 Å². The molecular weight excluding hydrogens is 483 g/mol. The van der Waals surface area contributed by atoms with E-state index in [0.717, 1.165) is 16.7 Å². The fraction of sp³-hybridized carbons (Fsp3) is 0.107. The summed E-state index contributed by atoms with van der Waals surface area (Å²) in [5, 5.41) is 15.6. The van der Waals surface area contributed by atoms with Gasteiger partial charge in [0.1, 0.15) is 23.5 Å². The SMILES string of the molecule is C[C@H](NC(=O)c1cc(C#N)ccc1NCc1ccc(-c2nc3ncnc(N)c3[nH]2)cc1)c1ccc(F)cc1. The van der Waals surface area contributed by atoms with Gasteiger partial charge in [-0.1, -0.05) is 36.4 Å². The molecule has 9 nitrogen and oxygen atoms in total. The molecule has 0 saturated heterocycles. The van der Waals surface area contributed by atoms with E-state index in [2.05, 4.69) is 36.6 Å². The number of nitriles is 1. The molecule has 5 N–H and O–H groups in total. The molecule has 0 unspecified atom stereocenters. The first-order chi connectivity index (χ1) is 18.4. The minimum atomic E-state index is -0.353. The first kappa shape index (κ1) is 24.4. The number of hydrogen-bond acceptors (Lipinski definition) is 7. The Morgan fingerprint density at radius 1 is 1.11 bits per heavy atom. The second-order valence-corrected chi connectivity index (χ2v) is 8.71. The predicted octanol–water partition coefficient (Wildman–Crippen LogP) is 4.72. The van der Waals surface area contributed by atoms with Gasteiger partial charge < -0.3 is 21.4 Å². The highest BCUT2D eigenvalue weighted by Gasteiger charge is 2.16. The molecule has 0 aliphatic heterocycles. The number of anilines is 2. The number of nitrogen functional groups attached to an aromatic ring is 1. The Labute approximate surface area is 217 Å². The van der Waals surface area contributed by atoms with Crippen LogP contribution in [0.4, 0.5) is 15.9 Å². The lowest BCUT2D eigenvalue weighted by Crippen LogP contribution is -2.27. The molecule has 0 aliphatic rings. The van der Waals surface area contributed by atoms with Gasteiger partial charge in [0.15, 0.2) is 11.5 Å². The highest BCUT2D eigenvalue weighted by molar-refractivity contribution is 6.00. The van der Waals surface area contributed by atoms with E-state index in [-0.39, 0.29) is 17.8 Å². The number of amides is 1. The largest absolute Gasteiger partial charge is 0.382 e. The minimum absolute atomic E-state index is 0.337. The number of aromatic amines is 1. The van der Waals surface area contributed by atoms with Gasteiger partial charge in [-0.25, -0.2) is 19.3 Å². The molecule has 5 rings (SSSR count).